The Morgan fingerprint density at radius 3 is 2.46 bits per heavy atom. The average molecular weight is 215 g/mol. The van der Waals surface area contributed by atoms with Crippen molar-refractivity contribution in [3.05, 3.63) is 28.0 Å². The molecule has 0 unspecified atom stereocenters. The van der Waals surface area contributed by atoms with Crippen molar-refractivity contribution in [2.45, 2.75) is 19.3 Å². The molecule has 4 heteroatoms. The molecule has 2 nitrogen and oxygen atoms in total. The molecular weight excluding hydrogens is 207 g/mol. The Kier molecular flexibility index (Phi) is 2.80. The molecule has 1 heterocycles. The predicted molar refractivity (Wildman–Crippen MR) is 52.9 cm³/mol. The fourth-order valence-corrected chi connectivity index (χ4v) is 1.52. The molecule has 68 valence electrons. The second kappa shape index (κ2) is 3.53. The molecule has 0 aliphatic rings. The van der Waals surface area contributed by atoms with Crippen molar-refractivity contribution in [1.29, 1.82) is 5.26 Å². The van der Waals surface area contributed by atoms with Gasteiger partial charge in [0, 0.05) is 5.56 Å². The van der Waals surface area contributed by atoms with Gasteiger partial charge in [-0.2, -0.15) is 5.26 Å². The highest BCUT2D eigenvalue weighted by atomic mass is 35.5. The molecule has 0 fully saturated rings. The lowest BCUT2D eigenvalue weighted by Crippen LogP contribution is -2.14. The zero-order valence-electron chi connectivity index (χ0n) is 7.31. The van der Waals surface area contributed by atoms with Gasteiger partial charge in [0.25, 0.3) is 0 Å². The van der Waals surface area contributed by atoms with Gasteiger partial charge in [-0.05, 0) is 19.9 Å². The fraction of sp³-hybridized carbons (Fsp3) is 0.333. The predicted octanol–water partition coefficient (Wildman–Crippen LogP) is 3.19. The third-order valence-electron chi connectivity index (χ3n) is 1.77. The van der Waals surface area contributed by atoms with Crippen molar-refractivity contribution < 1.29 is 0 Å². The fourth-order valence-electron chi connectivity index (χ4n) is 0.939. The number of nitrogens with zero attached hydrogens (tertiary/aromatic N) is 2. The molecule has 0 radical (unpaired) electrons. The number of halogens is 2. The van der Waals surface area contributed by atoms with Crippen molar-refractivity contribution in [2.75, 3.05) is 0 Å². The molecule has 0 atom stereocenters. The molecule has 1 aromatic heterocycles. The molecule has 0 aliphatic heterocycles. The van der Waals surface area contributed by atoms with Crippen molar-refractivity contribution >= 4 is 23.2 Å². The molecule has 0 bridgehead atoms. The van der Waals surface area contributed by atoms with E-state index >= 15 is 0 Å². The summed E-state index contributed by atoms with van der Waals surface area (Å²) >= 11 is 11.5. The van der Waals surface area contributed by atoms with Crippen LogP contribution in [0.1, 0.15) is 19.4 Å². The lowest BCUT2D eigenvalue weighted by atomic mass is 9.88. The zero-order chi connectivity index (χ0) is 10.1. The van der Waals surface area contributed by atoms with E-state index in [2.05, 4.69) is 11.1 Å². The highest BCUT2D eigenvalue weighted by molar-refractivity contribution is 6.32. The minimum Gasteiger partial charge on any atom is -0.224 e. The third kappa shape index (κ3) is 2.12. The number of rotatable bonds is 1. The second-order valence-electron chi connectivity index (χ2n) is 3.21. The second-order valence-corrected chi connectivity index (χ2v) is 3.95. The Morgan fingerprint density at radius 2 is 2.00 bits per heavy atom. The van der Waals surface area contributed by atoms with Crippen LogP contribution in [0.15, 0.2) is 12.1 Å². The van der Waals surface area contributed by atoms with Crippen molar-refractivity contribution in [2.24, 2.45) is 0 Å². The van der Waals surface area contributed by atoms with Gasteiger partial charge in [-0.3, -0.25) is 0 Å². The van der Waals surface area contributed by atoms with Crippen LogP contribution in [0.4, 0.5) is 0 Å². The highest BCUT2D eigenvalue weighted by Gasteiger charge is 2.23. The van der Waals surface area contributed by atoms with Gasteiger partial charge in [-0.1, -0.05) is 29.3 Å². The summed E-state index contributed by atoms with van der Waals surface area (Å²) in [4.78, 5) is 3.87. The normalized spacial score (nSPS) is 11.0. The van der Waals surface area contributed by atoms with E-state index in [0.717, 1.165) is 0 Å². The average Bonchev–Trinajstić information content (AvgIpc) is 2.03. The van der Waals surface area contributed by atoms with Crippen LogP contribution in [0.3, 0.4) is 0 Å². The van der Waals surface area contributed by atoms with Crippen LogP contribution in [0.5, 0.6) is 0 Å². The van der Waals surface area contributed by atoms with E-state index in [1.807, 2.05) is 0 Å². The Balaban J connectivity index is 3.26. The Hall–Kier alpha value is -0.780. The molecule has 0 spiro atoms. The number of hydrogen-bond acceptors (Lipinski definition) is 2. The van der Waals surface area contributed by atoms with E-state index in [-0.39, 0.29) is 0 Å². The topological polar surface area (TPSA) is 36.7 Å². The Bertz CT molecular complexity index is 366. The minimum absolute atomic E-state index is 0.291. The van der Waals surface area contributed by atoms with E-state index < -0.39 is 5.41 Å². The first-order valence-corrected chi connectivity index (χ1v) is 4.47. The monoisotopic (exact) mass is 214 g/mol. The third-order valence-corrected chi connectivity index (χ3v) is 2.27. The van der Waals surface area contributed by atoms with Gasteiger partial charge >= 0.3 is 0 Å². The molecule has 1 rings (SSSR count). The number of nitriles is 1. The molecule has 0 saturated carbocycles. The van der Waals surface area contributed by atoms with Gasteiger partial charge in [0.2, 0.25) is 0 Å². The standard InChI is InChI=1S/C9H8Cl2N2/c1-9(2,5-12)6-3-4-7(10)13-8(6)11/h3-4H,1-2H3. The smallest absolute Gasteiger partial charge is 0.135 e. The largest absolute Gasteiger partial charge is 0.224 e. The number of hydrogen-bond donors (Lipinski definition) is 0. The maximum absolute atomic E-state index is 8.87. The zero-order valence-corrected chi connectivity index (χ0v) is 8.82. The lowest BCUT2D eigenvalue weighted by molar-refractivity contribution is 0.683. The Morgan fingerprint density at radius 1 is 1.38 bits per heavy atom. The molecular formula is C9H8Cl2N2. The van der Waals surface area contributed by atoms with Gasteiger partial charge in [-0.25, -0.2) is 4.98 Å². The first kappa shape index (κ1) is 10.3. The highest BCUT2D eigenvalue weighted by Crippen LogP contribution is 2.28. The van der Waals surface area contributed by atoms with Crippen molar-refractivity contribution in [3.8, 4) is 6.07 Å². The first-order chi connectivity index (χ1) is 5.97. The SMILES string of the molecule is CC(C)(C#N)c1ccc(Cl)nc1Cl. The van der Waals surface area contributed by atoms with E-state index in [0.29, 0.717) is 15.9 Å². The summed E-state index contributed by atoms with van der Waals surface area (Å²) in [7, 11) is 0. The van der Waals surface area contributed by atoms with Crippen molar-refractivity contribution in [3.63, 3.8) is 0 Å². The summed E-state index contributed by atoms with van der Waals surface area (Å²) in [6.45, 7) is 3.56. The van der Waals surface area contributed by atoms with Crippen LogP contribution in [-0.2, 0) is 5.41 Å². The van der Waals surface area contributed by atoms with Crippen LogP contribution in [-0.4, -0.2) is 4.98 Å². The number of pyridine rings is 1. The van der Waals surface area contributed by atoms with Crippen LogP contribution < -0.4 is 0 Å². The molecule has 0 amide bonds. The van der Waals surface area contributed by atoms with Crippen LogP contribution in [0.2, 0.25) is 10.3 Å². The summed E-state index contributed by atoms with van der Waals surface area (Å²) in [5.41, 5.74) is 0.0651. The Labute approximate surface area is 87.1 Å². The van der Waals surface area contributed by atoms with Gasteiger partial charge in [-0.15, -0.1) is 0 Å². The van der Waals surface area contributed by atoms with Crippen LogP contribution >= 0.6 is 23.2 Å². The molecule has 0 N–H and O–H groups in total. The first-order valence-electron chi connectivity index (χ1n) is 3.71. The van der Waals surface area contributed by atoms with Crippen LogP contribution in [0, 0.1) is 11.3 Å². The maximum Gasteiger partial charge on any atom is 0.135 e. The van der Waals surface area contributed by atoms with Gasteiger partial charge in [0.15, 0.2) is 0 Å². The summed E-state index contributed by atoms with van der Waals surface area (Å²) in [6.07, 6.45) is 0. The van der Waals surface area contributed by atoms with Gasteiger partial charge in [0.1, 0.15) is 10.3 Å². The quantitative estimate of drug-likeness (QED) is 0.674. The molecule has 0 aliphatic carbocycles. The van der Waals surface area contributed by atoms with Crippen molar-refractivity contribution in [1.82, 2.24) is 4.98 Å². The summed E-state index contributed by atoms with van der Waals surface area (Å²) in [6, 6.07) is 5.50. The molecule has 1 aromatic rings. The number of aromatic nitrogens is 1. The van der Waals surface area contributed by atoms with Gasteiger partial charge < -0.3 is 0 Å². The van der Waals surface area contributed by atoms with E-state index in [4.69, 9.17) is 28.5 Å². The van der Waals surface area contributed by atoms with E-state index in [9.17, 15) is 0 Å². The molecule has 13 heavy (non-hydrogen) atoms. The lowest BCUT2D eigenvalue weighted by Gasteiger charge is -2.16. The molecule has 0 saturated heterocycles. The van der Waals surface area contributed by atoms with Gasteiger partial charge in [0.05, 0.1) is 11.5 Å². The van der Waals surface area contributed by atoms with Crippen LogP contribution in [0.25, 0.3) is 0 Å². The van der Waals surface area contributed by atoms with E-state index in [1.165, 1.54) is 0 Å². The summed E-state index contributed by atoms with van der Waals surface area (Å²) in [5, 5.41) is 9.50. The summed E-state index contributed by atoms with van der Waals surface area (Å²) in [5.74, 6) is 0. The molecule has 0 aromatic carbocycles. The maximum atomic E-state index is 8.87. The minimum atomic E-state index is -0.630. The van der Waals surface area contributed by atoms with E-state index in [1.54, 1.807) is 26.0 Å². The summed E-state index contributed by atoms with van der Waals surface area (Å²) < 4.78 is 0.